The van der Waals surface area contributed by atoms with Crippen LogP contribution in [0.5, 0.6) is 0 Å². The average molecular weight is 262 g/mol. The maximum absolute atomic E-state index is 11.0. The van der Waals surface area contributed by atoms with Crippen molar-refractivity contribution >= 4 is 17.3 Å². The number of carbonyl (C=O) groups is 1. The van der Waals surface area contributed by atoms with Crippen molar-refractivity contribution in [2.45, 2.75) is 19.8 Å². The Hall–Kier alpha value is -1.75. The van der Waals surface area contributed by atoms with Gasteiger partial charge in [0.2, 0.25) is 0 Å². The SMILES string of the molecule is COC(=O)CCc1csc(-c2ccc(C)nc2)n1. The number of aryl methyl sites for hydroxylation is 2. The van der Waals surface area contributed by atoms with E-state index in [0.717, 1.165) is 22.0 Å². The molecule has 18 heavy (non-hydrogen) atoms. The lowest BCUT2D eigenvalue weighted by Gasteiger charge is -1.97. The van der Waals surface area contributed by atoms with Gasteiger partial charge in [-0.05, 0) is 19.1 Å². The summed E-state index contributed by atoms with van der Waals surface area (Å²) in [7, 11) is 1.40. The summed E-state index contributed by atoms with van der Waals surface area (Å²) in [5, 5.41) is 2.90. The van der Waals surface area contributed by atoms with Crippen LogP contribution in [0.25, 0.3) is 10.6 Å². The van der Waals surface area contributed by atoms with Crippen LogP contribution < -0.4 is 0 Å². The summed E-state index contributed by atoms with van der Waals surface area (Å²) in [5.41, 5.74) is 2.91. The molecule has 0 saturated carbocycles. The Kier molecular flexibility index (Phi) is 4.04. The largest absolute Gasteiger partial charge is 0.469 e. The van der Waals surface area contributed by atoms with Gasteiger partial charge in [0.15, 0.2) is 0 Å². The highest BCUT2D eigenvalue weighted by atomic mass is 32.1. The van der Waals surface area contributed by atoms with Crippen molar-refractivity contribution < 1.29 is 9.53 Å². The highest BCUT2D eigenvalue weighted by molar-refractivity contribution is 7.13. The molecule has 0 spiro atoms. The van der Waals surface area contributed by atoms with E-state index in [1.165, 1.54) is 7.11 Å². The lowest BCUT2D eigenvalue weighted by atomic mass is 10.2. The van der Waals surface area contributed by atoms with Crippen LogP contribution in [0.3, 0.4) is 0 Å². The number of aromatic nitrogens is 2. The molecule has 0 N–H and O–H groups in total. The fourth-order valence-corrected chi connectivity index (χ4v) is 2.33. The van der Waals surface area contributed by atoms with Crippen LogP contribution in [0.2, 0.25) is 0 Å². The second-order valence-corrected chi connectivity index (χ2v) is 4.77. The van der Waals surface area contributed by atoms with Crippen molar-refractivity contribution in [3.63, 3.8) is 0 Å². The minimum Gasteiger partial charge on any atom is -0.469 e. The van der Waals surface area contributed by atoms with Crippen molar-refractivity contribution in [2.75, 3.05) is 7.11 Å². The first-order valence-corrected chi connectivity index (χ1v) is 6.51. The van der Waals surface area contributed by atoms with Crippen LogP contribution >= 0.6 is 11.3 Å². The molecule has 0 aliphatic carbocycles. The van der Waals surface area contributed by atoms with Crippen molar-refractivity contribution in [1.82, 2.24) is 9.97 Å². The Morgan fingerprint density at radius 3 is 2.94 bits per heavy atom. The molecule has 0 aliphatic heterocycles. The molecule has 0 amide bonds. The topological polar surface area (TPSA) is 52.1 Å². The molecule has 2 aromatic rings. The number of carbonyl (C=O) groups excluding carboxylic acids is 1. The number of hydrogen-bond donors (Lipinski definition) is 0. The number of methoxy groups -OCH3 is 1. The number of nitrogens with zero attached hydrogens (tertiary/aromatic N) is 2. The van der Waals surface area contributed by atoms with Gasteiger partial charge >= 0.3 is 5.97 Å². The molecule has 0 atom stereocenters. The molecule has 0 unspecified atom stereocenters. The molecule has 5 heteroatoms. The first kappa shape index (κ1) is 12.7. The molecule has 0 radical (unpaired) electrons. The van der Waals surface area contributed by atoms with Crippen molar-refractivity contribution in [3.05, 3.63) is 35.1 Å². The van der Waals surface area contributed by atoms with Gasteiger partial charge in [0.25, 0.3) is 0 Å². The molecule has 2 aromatic heterocycles. The number of hydrogen-bond acceptors (Lipinski definition) is 5. The minimum atomic E-state index is -0.207. The second-order valence-electron chi connectivity index (χ2n) is 3.91. The zero-order chi connectivity index (χ0) is 13.0. The van der Waals surface area contributed by atoms with Crippen LogP contribution in [0.1, 0.15) is 17.8 Å². The summed E-state index contributed by atoms with van der Waals surface area (Å²) in [6.45, 7) is 1.95. The highest BCUT2D eigenvalue weighted by Gasteiger charge is 2.07. The maximum atomic E-state index is 11.0. The van der Waals surface area contributed by atoms with E-state index in [9.17, 15) is 4.79 Å². The molecule has 0 saturated heterocycles. The zero-order valence-corrected chi connectivity index (χ0v) is 11.2. The number of thiazole rings is 1. The van der Waals surface area contributed by atoms with Crippen molar-refractivity contribution in [1.29, 1.82) is 0 Å². The fraction of sp³-hybridized carbons (Fsp3) is 0.308. The van der Waals surface area contributed by atoms with E-state index in [2.05, 4.69) is 14.7 Å². The Labute approximate surface area is 110 Å². The van der Waals surface area contributed by atoms with Crippen molar-refractivity contribution in [2.24, 2.45) is 0 Å². The van der Waals surface area contributed by atoms with E-state index in [0.29, 0.717) is 12.8 Å². The van der Waals surface area contributed by atoms with E-state index in [4.69, 9.17) is 0 Å². The van der Waals surface area contributed by atoms with E-state index < -0.39 is 0 Å². The Morgan fingerprint density at radius 1 is 1.44 bits per heavy atom. The first-order chi connectivity index (χ1) is 8.69. The van der Waals surface area contributed by atoms with Gasteiger partial charge in [-0.15, -0.1) is 11.3 Å². The normalized spacial score (nSPS) is 10.3. The van der Waals surface area contributed by atoms with E-state index in [1.54, 1.807) is 11.3 Å². The van der Waals surface area contributed by atoms with Crippen LogP contribution in [0.15, 0.2) is 23.7 Å². The van der Waals surface area contributed by atoms with Gasteiger partial charge in [0.05, 0.1) is 19.2 Å². The summed E-state index contributed by atoms with van der Waals surface area (Å²) in [4.78, 5) is 19.8. The predicted molar refractivity (Wildman–Crippen MR) is 70.4 cm³/mol. The first-order valence-electron chi connectivity index (χ1n) is 5.63. The van der Waals surface area contributed by atoms with Gasteiger partial charge < -0.3 is 4.74 Å². The smallest absolute Gasteiger partial charge is 0.305 e. The third kappa shape index (κ3) is 3.13. The van der Waals surface area contributed by atoms with E-state index in [1.807, 2.05) is 30.6 Å². The third-order valence-corrected chi connectivity index (χ3v) is 3.46. The number of esters is 1. The molecule has 94 valence electrons. The second kappa shape index (κ2) is 5.73. The molecule has 0 bridgehead atoms. The van der Waals surface area contributed by atoms with Gasteiger partial charge in [0.1, 0.15) is 5.01 Å². The zero-order valence-electron chi connectivity index (χ0n) is 10.3. The van der Waals surface area contributed by atoms with Gasteiger partial charge in [-0.25, -0.2) is 4.98 Å². The summed E-state index contributed by atoms with van der Waals surface area (Å²) in [5.74, 6) is -0.207. The fourth-order valence-electron chi connectivity index (χ4n) is 1.48. The quantitative estimate of drug-likeness (QED) is 0.795. The number of ether oxygens (including phenoxy) is 1. The van der Waals surface area contributed by atoms with Crippen LogP contribution in [-0.4, -0.2) is 23.0 Å². The monoisotopic (exact) mass is 262 g/mol. The van der Waals surface area contributed by atoms with Gasteiger partial charge in [-0.2, -0.15) is 0 Å². The molecule has 2 heterocycles. The summed E-state index contributed by atoms with van der Waals surface area (Å²) in [6.07, 6.45) is 2.80. The van der Waals surface area contributed by atoms with Crippen LogP contribution in [-0.2, 0) is 16.0 Å². The Balaban J connectivity index is 2.06. The predicted octanol–water partition coefficient (Wildman–Crippen LogP) is 2.62. The van der Waals surface area contributed by atoms with Crippen LogP contribution in [0.4, 0.5) is 0 Å². The summed E-state index contributed by atoms with van der Waals surface area (Å²) in [6, 6.07) is 3.97. The number of rotatable bonds is 4. The lowest BCUT2D eigenvalue weighted by Crippen LogP contribution is -2.01. The Bertz CT molecular complexity index is 534. The summed E-state index contributed by atoms with van der Waals surface area (Å²) >= 11 is 1.56. The molecule has 0 fully saturated rings. The average Bonchev–Trinajstić information content (AvgIpc) is 2.85. The summed E-state index contributed by atoms with van der Waals surface area (Å²) < 4.78 is 4.60. The minimum absolute atomic E-state index is 0.207. The number of pyridine rings is 1. The van der Waals surface area contributed by atoms with Crippen molar-refractivity contribution in [3.8, 4) is 10.6 Å². The van der Waals surface area contributed by atoms with E-state index >= 15 is 0 Å². The molecule has 2 rings (SSSR count). The third-order valence-electron chi connectivity index (χ3n) is 2.52. The molecule has 0 aliphatic rings. The maximum Gasteiger partial charge on any atom is 0.305 e. The van der Waals surface area contributed by atoms with E-state index in [-0.39, 0.29) is 5.97 Å². The van der Waals surface area contributed by atoms with Crippen LogP contribution in [0, 0.1) is 6.92 Å². The Morgan fingerprint density at radius 2 is 2.28 bits per heavy atom. The molecule has 0 aromatic carbocycles. The lowest BCUT2D eigenvalue weighted by molar-refractivity contribution is -0.140. The standard InChI is InChI=1S/C13H14N2O2S/c1-9-3-4-10(7-14-9)13-15-11(8-18-13)5-6-12(16)17-2/h3-4,7-8H,5-6H2,1-2H3. The van der Waals surface area contributed by atoms with Gasteiger partial charge in [-0.1, -0.05) is 0 Å². The van der Waals surface area contributed by atoms with Gasteiger partial charge in [0, 0.05) is 29.3 Å². The van der Waals surface area contributed by atoms with Gasteiger partial charge in [-0.3, -0.25) is 9.78 Å². The highest BCUT2D eigenvalue weighted by Crippen LogP contribution is 2.23. The molecule has 4 nitrogen and oxygen atoms in total. The molecular weight excluding hydrogens is 248 g/mol. The molecular formula is C13H14N2O2S.